The second kappa shape index (κ2) is 6.59. The summed E-state index contributed by atoms with van der Waals surface area (Å²) < 4.78 is 24.0. The van der Waals surface area contributed by atoms with E-state index < -0.39 is 10.0 Å². The molecular weight excluding hydrogens is 294 g/mol. The quantitative estimate of drug-likeness (QED) is 0.666. The van der Waals surface area contributed by atoms with Crippen molar-refractivity contribution in [3.63, 3.8) is 0 Å². The van der Waals surface area contributed by atoms with Crippen molar-refractivity contribution in [1.29, 1.82) is 0 Å². The maximum absolute atomic E-state index is 12.1. The van der Waals surface area contributed by atoms with E-state index in [1.54, 1.807) is 7.05 Å². The van der Waals surface area contributed by atoms with E-state index in [9.17, 15) is 13.2 Å². The number of nitrogens with two attached hydrogens (primary N) is 1. The van der Waals surface area contributed by atoms with Gasteiger partial charge in [0.05, 0.1) is 0 Å². The standard InChI is InChI=1S/C13H23N3O4S/c1-13(2,5-4-6-17)9-15-12(18)11-7-10(8-16(11)3)21(14,19)20/h7-8,17H,4-6,9H2,1-3H3,(H,15,18)(H2,14,19,20). The molecule has 0 unspecified atom stereocenters. The molecule has 1 aromatic rings. The topological polar surface area (TPSA) is 114 Å². The van der Waals surface area contributed by atoms with E-state index in [-0.39, 0.29) is 28.5 Å². The lowest BCUT2D eigenvalue weighted by Crippen LogP contribution is -2.34. The first-order valence-electron chi connectivity index (χ1n) is 6.65. The van der Waals surface area contributed by atoms with Gasteiger partial charge in [-0.05, 0) is 24.3 Å². The van der Waals surface area contributed by atoms with Crippen molar-refractivity contribution in [2.45, 2.75) is 31.6 Å². The van der Waals surface area contributed by atoms with Crippen LogP contribution >= 0.6 is 0 Å². The van der Waals surface area contributed by atoms with Gasteiger partial charge in [0.2, 0.25) is 10.0 Å². The smallest absolute Gasteiger partial charge is 0.267 e. The fourth-order valence-corrected chi connectivity index (χ4v) is 2.55. The molecule has 8 heteroatoms. The molecule has 1 rings (SSSR count). The molecule has 0 saturated heterocycles. The van der Waals surface area contributed by atoms with Crippen molar-refractivity contribution in [2.24, 2.45) is 17.6 Å². The van der Waals surface area contributed by atoms with Crippen LogP contribution in [0, 0.1) is 5.41 Å². The minimum absolute atomic E-state index is 0.0882. The number of aliphatic hydroxyl groups excluding tert-OH is 1. The Labute approximate surface area is 125 Å². The monoisotopic (exact) mass is 317 g/mol. The molecule has 1 amide bonds. The number of aryl methyl sites for hydroxylation is 1. The van der Waals surface area contributed by atoms with E-state index in [0.717, 1.165) is 6.42 Å². The van der Waals surface area contributed by atoms with Crippen LogP contribution in [0.1, 0.15) is 37.2 Å². The van der Waals surface area contributed by atoms with Crippen LogP contribution in [-0.4, -0.2) is 37.2 Å². The largest absolute Gasteiger partial charge is 0.396 e. The van der Waals surface area contributed by atoms with Gasteiger partial charge in [-0.1, -0.05) is 13.8 Å². The highest BCUT2D eigenvalue weighted by Gasteiger charge is 2.21. The fourth-order valence-electron chi connectivity index (χ4n) is 1.97. The molecule has 0 aromatic carbocycles. The first kappa shape index (κ1) is 17.7. The van der Waals surface area contributed by atoms with Gasteiger partial charge in [0.1, 0.15) is 10.6 Å². The zero-order valence-corrected chi connectivity index (χ0v) is 13.4. The molecule has 1 heterocycles. The summed E-state index contributed by atoms with van der Waals surface area (Å²) in [4.78, 5) is 12.0. The van der Waals surface area contributed by atoms with Crippen molar-refractivity contribution in [2.75, 3.05) is 13.2 Å². The Balaban J connectivity index is 2.75. The number of amides is 1. The summed E-state index contributed by atoms with van der Waals surface area (Å²) in [5.41, 5.74) is 0.0868. The Morgan fingerprint density at radius 2 is 2.10 bits per heavy atom. The zero-order chi connectivity index (χ0) is 16.3. The van der Waals surface area contributed by atoms with E-state index in [1.165, 1.54) is 16.8 Å². The summed E-state index contributed by atoms with van der Waals surface area (Å²) in [6, 6.07) is 1.26. The van der Waals surface area contributed by atoms with Gasteiger partial charge in [-0.25, -0.2) is 13.6 Å². The first-order valence-corrected chi connectivity index (χ1v) is 8.20. The average molecular weight is 317 g/mol. The van der Waals surface area contributed by atoms with Gasteiger partial charge in [-0.2, -0.15) is 0 Å². The summed E-state index contributed by atoms with van der Waals surface area (Å²) in [7, 11) is -2.24. The molecule has 0 aliphatic carbocycles. The van der Waals surface area contributed by atoms with Crippen LogP contribution in [0.15, 0.2) is 17.2 Å². The van der Waals surface area contributed by atoms with Crippen LogP contribution < -0.4 is 10.5 Å². The second-order valence-electron chi connectivity index (χ2n) is 5.89. The maximum atomic E-state index is 12.1. The number of carbonyl (C=O) groups is 1. The normalized spacial score (nSPS) is 12.4. The van der Waals surface area contributed by atoms with Crippen LogP contribution in [0.25, 0.3) is 0 Å². The summed E-state index contributed by atoms with van der Waals surface area (Å²) in [6.07, 6.45) is 2.75. The van der Waals surface area contributed by atoms with E-state index in [4.69, 9.17) is 10.2 Å². The number of sulfonamides is 1. The highest BCUT2D eigenvalue weighted by molar-refractivity contribution is 7.89. The van der Waals surface area contributed by atoms with Crippen LogP contribution in [-0.2, 0) is 17.1 Å². The maximum Gasteiger partial charge on any atom is 0.267 e. The lowest BCUT2D eigenvalue weighted by molar-refractivity contribution is 0.0924. The third kappa shape index (κ3) is 5.14. The van der Waals surface area contributed by atoms with E-state index in [2.05, 4.69) is 5.32 Å². The number of carbonyl (C=O) groups excluding carboxylic acids is 1. The number of primary sulfonamides is 1. The summed E-state index contributed by atoms with van der Waals surface area (Å²) in [5, 5.41) is 16.7. The predicted octanol–water partition coefficient (Wildman–Crippen LogP) is 0.201. The highest BCUT2D eigenvalue weighted by Crippen LogP contribution is 2.21. The molecule has 4 N–H and O–H groups in total. The van der Waals surface area contributed by atoms with Gasteiger partial charge in [-0.15, -0.1) is 0 Å². The molecule has 0 aliphatic rings. The van der Waals surface area contributed by atoms with E-state index in [0.29, 0.717) is 13.0 Å². The molecule has 120 valence electrons. The molecule has 0 saturated carbocycles. The number of aromatic nitrogens is 1. The van der Waals surface area contributed by atoms with Gasteiger partial charge in [0.15, 0.2) is 0 Å². The van der Waals surface area contributed by atoms with Gasteiger partial charge >= 0.3 is 0 Å². The van der Waals surface area contributed by atoms with Crippen LogP contribution in [0.5, 0.6) is 0 Å². The van der Waals surface area contributed by atoms with Crippen molar-refractivity contribution < 1.29 is 18.3 Å². The lowest BCUT2D eigenvalue weighted by atomic mass is 9.88. The first-order chi connectivity index (χ1) is 9.57. The van der Waals surface area contributed by atoms with E-state index >= 15 is 0 Å². The molecule has 7 nitrogen and oxygen atoms in total. The van der Waals surface area contributed by atoms with Crippen LogP contribution in [0.4, 0.5) is 0 Å². The molecule has 0 atom stereocenters. The van der Waals surface area contributed by atoms with Crippen molar-refractivity contribution in [3.8, 4) is 0 Å². The number of nitrogens with zero attached hydrogens (tertiary/aromatic N) is 1. The van der Waals surface area contributed by atoms with Gasteiger partial charge in [-0.3, -0.25) is 4.79 Å². The molecule has 0 spiro atoms. The van der Waals surface area contributed by atoms with Crippen molar-refractivity contribution in [3.05, 3.63) is 18.0 Å². The third-order valence-corrected chi connectivity index (χ3v) is 4.16. The second-order valence-corrected chi connectivity index (χ2v) is 7.45. The SMILES string of the molecule is Cn1cc(S(N)(=O)=O)cc1C(=O)NCC(C)(C)CCCO. The minimum atomic E-state index is -3.82. The number of nitrogens with one attached hydrogen (secondary N) is 1. The van der Waals surface area contributed by atoms with Gasteiger partial charge in [0.25, 0.3) is 5.91 Å². The number of hydrogen-bond acceptors (Lipinski definition) is 4. The van der Waals surface area contributed by atoms with Crippen molar-refractivity contribution >= 4 is 15.9 Å². The molecule has 0 radical (unpaired) electrons. The number of hydrogen-bond donors (Lipinski definition) is 3. The third-order valence-electron chi connectivity index (χ3n) is 3.28. The molecule has 21 heavy (non-hydrogen) atoms. The number of rotatable bonds is 7. The molecular formula is C13H23N3O4S. The Bertz CT molecular complexity index is 605. The summed E-state index contributed by atoms with van der Waals surface area (Å²) in [6.45, 7) is 4.53. The molecule has 0 bridgehead atoms. The summed E-state index contributed by atoms with van der Waals surface area (Å²) in [5.74, 6) is -0.357. The van der Waals surface area contributed by atoms with Crippen LogP contribution in [0.2, 0.25) is 0 Å². The average Bonchev–Trinajstić information content (AvgIpc) is 2.76. The highest BCUT2D eigenvalue weighted by atomic mass is 32.2. The Morgan fingerprint density at radius 3 is 2.57 bits per heavy atom. The van der Waals surface area contributed by atoms with Gasteiger partial charge in [0, 0.05) is 26.4 Å². The Morgan fingerprint density at radius 1 is 1.48 bits per heavy atom. The van der Waals surface area contributed by atoms with Crippen molar-refractivity contribution in [1.82, 2.24) is 9.88 Å². The number of aliphatic hydroxyl groups is 1. The Kier molecular flexibility index (Phi) is 5.54. The molecule has 0 fully saturated rings. The van der Waals surface area contributed by atoms with Crippen LogP contribution in [0.3, 0.4) is 0 Å². The summed E-state index contributed by atoms with van der Waals surface area (Å²) >= 11 is 0. The fraction of sp³-hybridized carbons (Fsp3) is 0.615. The Hall–Kier alpha value is -1.38. The minimum Gasteiger partial charge on any atom is -0.396 e. The zero-order valence-electron chi connectivity index (χ0n) is 12.6. The predicted molar refractivity (Wildman–Crippen MR) is 79.2 cm³/mol. The molecule has 1 aromatic heterocycles. The molecule has 0 aliphatic heterocycles. The van der Waals surface area contributed by atoms with E-state index in [1.807, 2.05) is 13.8 Å². The lowest BCUT2D eigenvalue weighted by Gasteiger charge is -2.24. The van der Waals surface area contributed by atoms with Gasteiger partial charge < -0.3 is 15.0 Å².